The number of nitrogens with zero attached hydrogens (tertiary/aromatic N) is 2. The van der Waals surface area contributed by atoms with Crippen molar-refractivity contribution in [2.24, 2.45) is 11.7 Å². The van der Waals surface area contributed by atoms with Crippen molar-refractivity contribution in [1.29, 1.82) is 0 Å². The number of amides is 1. The summed E-state index contributed by atoms with van der Waals surface area (Å²) in [6.07, 6.45) is 2.34. The molecule has 0 bridgehead atoms. The Balaban J connectivity index is 2.12. The Morgan fingerprint density at radius 1 is 1.24 bits per heavy atom. The Labute approximate surface area is 124 Å². The molecule has 0 unspecified atom stereocenters. The van der Waals surface area contributed by atoms with E-state index >= 15 is 0 Å². The van der Waals surface area contributed by atoms with Gasteiger partial charge in [-0.3, -0.25) is 4.79 Å². The lowest BCUT2D eigenvalue weighted by Gasteiger charge is -2.19. The summed E-state index contributed by atoms with van der Waals surface area (Å²) in [5, 5.41) is 3.08. The highest BCUT2D eigenvalue weighted by atomic mass is 16.1. The molecule has 21 heavy (non-hydrogen) atoms. The van der Waals surface area contributed by atoms with Crippen LogP contribution in [0.2, 0.25) is 0 Å². The summed E-state index contributed by atoms with van der Waals surface area (Å²) in [5.41, 5.74) is 6.55. The fraction of sp³-hybridized carbons (Fsp3) is 0.312. The molecule has 0 fully saturated rings. The number of anilines is 1. The second-order valence-electron chi connectivity index (χ2n) is 5.29. The van der Waals surface area contributed by atoms with Gasteiger partial charge in [-0.15, -0.1) is 0 Å². The molecule has 0 radical (unpaired) electrons. The first kappa shape index (κ1) is 15.0. The third-order valence-corrected chi connectivity index (χ3v) is 3.19. The number of hydrogen-bond donors (Lipinski definition) is 2. The molecular weight excluding hydrogens is 264 g/mol. The van der Waals surface area contributed by atoms with Crippen molar-refractivity contribution in [2.45, 2.75) is 26.3 Å². The maximum absolute atomic E-state index is 11.4. The number of carbonyl (C=O) groups excluding carboxylic acids is 1. The van der Waals surface area contributed by atoms with Crippen LogP contribution >= 0.6 is 0 Å². The van der Waals surface area contributed by atoms with E-state index in [4.69, 9.17) is 5.73 Å². The van der Waals surface area contributed by atoms with E-state index < -0.39 is 6.04 Å². The lowest BCUT2D eigenvalue weighted by atomic mass is 10.0. The normalized spacial score (nSPS) is 12.1. The van der Waals surface area contributed by atoms with Crippen LogP contribution in [0.15, 0.2) is 42.6 Å². The highest BCUT2D eigenvalue weighted by Gasteiger charge is 2.19. The minimum Gasteiger partial charge on any atom is -0.368 e. The summed E-state index contributed by atoms with van der Waals surface area (Å²) in [7, 11) is 0. The molecule has 110 valence electrons. The van der Waals surface area contributed by atoms with Gasteiger partial charge in [0.25, 0.3) is 0 Å². The highest BCUT2D eigenvalue weighted by Crippen LogP contribution is 2.12. The molecule has 1 heterocycles. The Morgan fingerprint density at radius 2 is 1.95 bits per heavy atom. The van der Waals surface area contributed by atoms with Crippen molar-refractivity contribution in [1.82, 2.24) is 9.97 Å². The van der Waals surface area contributed by atoms with Crippen LogP contribution in [0.1, 0.15) is 25.2 Å². The Hall–Kier alpha value is -2.43. The molecule has 0 aliphatic heterocycles. The molecule has 0 aliphatic rings. The molecule has 1 aromatic carbocycles. The van der Waals surface area contributed by atoms with Gasteiger partial charge in [-0.1, -0.05) is 44.2 Å². The second-order valence-corrected chi connectivity index (χ2v) is 5.29. The van der Waals surface area contributed by atoms with Gasteiger partial charge in [-0.05, 0) is 17.5 Å². The molecule has 0 aliphatic carbocycles. The van der Waals surface area contributed by atoms with E-state index in [-0.39, 0.29) is 11.8 Å². The van der Waals surface area contributed by atoms with E-state index in [0.29, 0.717) is 18.1 Å². The fourth-order valence-corrected chi connectivity index (χ4v) is 2.07. The summed E-state index contributed by atoms with van der Waals surface area (Å²) in [6, 6.07) is 11.3. The van der Waals surface area contributed by atoms with Gasteiger partial charge in [0.1, 0.15) is 17.7 Å². The topological polar surface area (TPSA) is 80.9 Å². The van der Waals surface area contributed by atoms with Gasteiger partial charge in [-0.2, -0.15) is 0 Å². The van der Waals surface area contributed by atoms with Crippen molar-refractivity contribution in [2.75, 3.05) is 5.32 Å². The lowest BCUT2D eigenvalue weighted by Crippen LogP contribution is -2.39. The zero-order valence-corrected chi connectivity index (χ0v) is 12.3. The molecule has 0 saturated carbocycles. The first-order valence-electron chi connectivity index (χ1n) is 6.98. The molecule has 1 amide bonds. The number of rotatable bonds is 6. The average molecular weight is 284 g/mol. The molecule has 2 rings (SSSR count). The summed E-state index contributed by atoms with van der Waals surface area (Å²) >= 11 is 0. The molecule has 1 aromatic heterocycles. The number of hydrogen-bond acceptors (Lipinski definition) is 4. The van der Waals surface area contributed by atoms with E-state index in [1.807, 2.05) is 44.2 Å². The zero-order valence-electron chi connectivity index (χ0n) is 12.3. The lowest BCUT2D eigenvalue weighted by molar-refractivity contribution is -0.119. The standard InChI is InChI=1S/C16H20N4O/c1-11(2)15(16(17)21)20-13-8-9-18-14(19-13)10-12-6-4-3-5-7-12/h3-9,11,15H,10H2,1-2H3,(H2,17,21)(H,18,19,20)/t15-/m0/s1. The summed E-state index contributed by atoms with van der Waals surface area (Å²) < 4.78 is 0. The third kappa shape index (κ3) is 4.27. The van der Waals surface area contributed by atoms with Gasteiger partial charge in [0.05, 0.1) is 0 Å². The minimum absolute atomic E-state index is 0.0926. The van der Waals surface area contributed by atoms with E-state index in [0.717, 1.165) is 5.56 Å². The molecule has 5 nitrogen and oxygen atoms in total. The number of primary amides is 1. The molecule has 2 aromatic rings. The molecule has 1 atom stereocenters. The Bertz CT molecular complexity index is 598. The fourth-order valence-electron chi connectivity index (χ4n) is 2.07. The third-order valence-electron chi connectivity index (χ3n) is 3.19. The smallest absolute Gasteiger partial charge is 0.240 e. The highest BCUT2D eigenvalue weighted by molar-refractivity contribution is 5.82. The van der Waals surface area contributed by atoms with Gasteiger partial charge >= 0.3 is 0 Å². The monoisotopic (exact) mass is 284 g/mol. The molecule has 3 N–H and O–H groups in total. The average Bonchev–Trinajstić information content (AvgIpc) is 2.45. The van der Waals surface area contributed by atoms with Crippen LogP contribution in [0.3, 0.4) is 0 Å². The Kier molecular flexibility index (Phi) is 4.87. The van der Waals surface area contributed by atoms with Crippen molar-refractivity contribution in [3.8, 4) is 0 Å². The van der Waals surface area contributed by atoms with Crippen LogP contribution in [0, 0.1) is 5.92 Å². The maximum Gasteiger partial charge on any atom is 0.240 e. The van der Waals surface area contributed by atoms with E-state index in [2.05, 4.69) is 15.3 Å². The van der Waals surface area contributed by atoms with Crippen molar-refractivity contribution >= 4 is 11.7 Å². The van der Waals surface area contributed by atoms with Gasteiger partial charge in [0.2, 0.25) is 5.91 Å². The molecule has 0 saturated heterocycles. The molecule has 0 spiro atoms. The van der Waals surface area contributed by atoms with Gasteiger partial charge < -0.3 is 11.1 Å². The number of aromatic nitrogens is 2. The number of carbonyl (C=O) groups is 1. The Morgan fingerprint density at radius 3 is 2.57 bits per heavy atom. The summed E-state index contributed by atoms with van der Waals surface area (Å²) in [6.45, 7) is 3.88. The number of nitrogens with one attached hydrogen (secondary N) is 1. The summed E-state index contributed by atoms with van der Waals surface area (Å²) in [4.78, 5) is 20.1. The second kappa shape index (κ2) is 6.83. The van der Waals surface area contributed by atoms with E-state index in [1.54, 1.807) is 12.3 Å². The van der Waals surface area contributed by atoms with Crippen LogP contribution in [-0.4, -0.2) is 21.9 Å². The van der Waals surface area contributed by atoms with Crippen LogP contribution in [-0.2, 0) is 11.2 Å². The predicted molar refractivity (Wildman–Crippen MR) is 82.7 cm³/mol. The maximum atomic E-state index is 11.4. The minimum atomic E-state index is -0.440. The number of benzene rings is 1. The zero-order chi connectivity index (χ0) is 15.2. The van der Waals surface area contributed by atoms with Crippen molar-refractivity contribution in [3.05, 3.63) is 54.0 Å². The van der Waals surface area contributed by atoms with E-state index in [9.17, 15) is 4.79 Å². The van der Waals surface area contributed by atoms with Gasteiger partial charge in [-0.25, -0.2) is 9.97 Å². The van der Waals surface area contributed by atoms with Crippen LogP contribution in [0.25, 0.3) is 0 Å². The van der Waals surface area contributed by atoms with Crippen LogP contribution in [0.4, 0.5) is 5.82 Å². The van der Waals surface area contributed by atoms with E-state index in [1.165, 1.54) is 0 Å². The van der Waals surface area contributed by atoms with Crippen LogP contribution in [0.5, 0.6) is 0 Å². The first-order valence-corrected chi connectivity index (χ1v) is 6.98. The van der Waals surface area contributed by atoms with Crippen molar-refractivity contribution < 1.29 is 4.79 Å². The van der Waals surface area contributed by atoms with Gasteiger partial charge in [0.15, 0.2) is 0 Å². The number of nitrogens with two attached hydrogens (primary N) is 1. The largest absolute Gasteiger partial charge is 0.368 e. The molecule has 5 heteroatoms. The molecular formula is C16H20N4O. The predicted octanol–water partition coefficient (Wildman–Crippen LogP) is 1.99. The first-order chi connectivity index (χ1) is 10.1. The summed E-state index contributed by atoms with van der Waals surface area (Å²) in [5.74, 6) is 1.04. The quantitative estimate of drug-likeness (QED) is 0.850. The van der Waals surface area contributed by atoms with Crippen molar-refractivity contribution in [3.63, 3.8) is 0 Å². The SMILES string of the molecule is CC(C)[C@H](Nc1ccnc(Cc2ccccc2)n1)C(N)=O. The van der Waals surface area contributed by atoms with Crippen LogP contribution < -0.4 is 11.1 Å². The van der Waals surface area contributed by atoms with Gasteiger partial charge in [0, 0.05) is 12.6 Å².